The van der Waals surface area contributed by atoms with Gasteiger partial charge in [0, 0.05) is 24.4 Å². The number of hydrogen-bond donors (Lipinski definition) is 3. The van der Waals surface area contributed by atoms with E-state index in [0.717, 1.165) is 5.56 Å². The molecule has 1 amide bonds. The fraction of sp³-hybridized carbons (Fsp3) is 0.133. The van der Waals surface area contributed by atoms with Crippen LogP contribution in [0.2, 0.25) is 0 Å². The Hall–Kier alpha value is -2.73. The third-order valence-corrected chi connectivity index (χ3v) is 2.52. The lowest BCUT2D eigenvalue weighted by Crippen LogP contribution is -2.21. The van der Waals surface area contributed by atoms with Gasteiger partial charge in [-0.3, -0.25) is 9.78 Å². The van der Waals surface area contributed by atoms with E-state index in [4.69, 9.17) is 15.9 Å². The Morgan fingerprint density at radius 2 is 1.67 bits per heavy atom. The summed E-state index contributed by atoms with van der Waals surface area (Å²) in [6.45, 7) is 0. The Morgan fingerprint density at radius 3 is 2.10 bits per heavy atom. The van der Waals surface area contributed by atoms with E-state index < -0.39 is 18.0 Å². The third-order valence-electron chi connectivity index (χ3n) is 2.52. The van der Waals surface area contributed by atoms with Crippen LogP contribution in [-0.2, 0) is 11.2 Å². The number of primary amides is 1. The van der Waals surface area contributed by atoms with Gasteiger partial charge in [0.1, 0.15) is 0 Å². The summed E-state index contributed by atoms with van der Waals surface area (Å²) >= 11 is 0. The number of aliphatic hydroxyl groups excluding tert-OH is 1. The molecule has 110 valence electrons. The SMILES string of the molecule is NC(=O)c1ccncc1.O=C(O)[C@H](O)Cc1ccccc1. The topological polar surface area (TPSA) is 114 Å². The number of nitrogens with zero attached hydrogens (tertiary/aromatic N) is 1. The lowest BCUT2D eigenvalue weighted by molar-refractivity contribution is -0.146. The van der Waals surface area contributed by atoms with E-state index >= 15 is 0 Å². The van der Waals surface area contributed by atoms with Gasteiger partial charge in [0.25, 0.3) is 0 Å². The number of carboxylic acids is 1. The van der Waals surface area contributed by atoms with Crippen LogP contribution in [0.15, 0.2) is 54.9 Å². The average Bonchev–Trinajstić information content (AvgIpc) is 2.49. The normalized spacial score (nSPS) is 10.9. The number of aliphatic carboxylic acids is 1. The first-order chi connectivity index (χ1) is 10.0. The summed E-state index contributed by atoms with van der Waals surface area (Å²) in [5.41, 5.74) is 6.26. The minimum Gasteiger partial charge on any atom is -0.479 e. The smallest absolute Gasteiger partial charge is 0.332 e. The van der Waals surface area contributed by atoms with Crippen LogP contribution >= 0.6 is 0 Å². The van der Waals surface area contributed by atoms with Crippen LogP contribution < -0.4 is 5.73 Å². The summed E-state index contributed by atoms with van der Waals surface area (Å²) in [5.74, 6) is -1.60. The summed E-state index contributed by atoms with van der Waals surface area (Å²) in [5, 5.41) is 17.4. The number of rotatable bonds is 4. The van der Waals surface area contributed by atoms with E-state index in [2.05, 4.69) is 4.98 Å². The Labute approximate surface area is 121 Å². The Morgan fingerprint density at radius 1 is 1.10 bits per heavy atom. The van der Waals surface area contributed by atoms with E-state index in [1.807, 2.05) is 18.2 Å². The molecule has 0 aliphatic rings. The summed E-state index contributed by atoms with van der Waals surface area (Å²) in [4.78, 5) is 24.4. The molecule has 0 aliphatic carbocycles. The molecule has 0 radical (unpaired) electrons. The molecule has 1 aromatic carbocycles. The molecule has 0 unspecified atom stereocenters. The Kier molecular flexibility index (Phi) is 6.56. The number of aliphatic hydroxyl groups is 1. The molecule has 6 heteroatoms. The highest BCUT2D eigenvalue weighted by atomic mass is 16.4. The van der Waals surface area contributed by atoms with Gasteiger partial charge in [-0.25, -0.2) is 4.79 Å². The van der Waals surface area contributed by atoms with Crippen molar-refractivity contribution in [3.8, 4) is 0 Å². The Bertz CT molecular complexity index is 573. The van der Waals surface area contributed by atoms with Gasteiger partial charge in [-0.05, 0) is 17.7 Å². The predicted octanol–water partition coefficient (Wildman–Crippen LogP) is 0.855. The van der Waals surface area contributed by atoms with Gasteiger partial charge in [-0.2, -0.15) is 0 Å². The first-order valence-electron chi connectivity index (χ1n) is 6.15. The van der Waals surface area contributed by atoms with Crippen molar-refractivity contribution in [2.75, 3.05) is 0 Å². The molecule has 4 N–H and O–H groups in total. The van der Waals surface area contributed by atoms with Crippen molar-refractivity contribution < 1.29 is 19.8 Å². The fourth-order valence-electron chi connectivity index (χ4n) is 1.44. The quantitative estimate of drug-likeness (QED) is 0.772. The molecule has 1 atom stereocenters. The van der Waals surface area contributed by atoms with Crippen molar-refractivity contribution in [1.29, 1.82) is 0 Å². The highest BCUT2D eigenvalue weighted by Gasteiger charge is 2.12. The summed E-state index contributed by atoms with van der Waals surface area (Å²) < 4.78 is 0. The van der Waals surface area contributed by atoms with Crippen molar-refractivity contribution in [2.45, 2.75) is 12.5 Å². The van der Waals surface area contributed by atoms with E-state index in [1.54, 1.807) is 24.3 Å². The number of carbonyl (C=O) groups is 2. The van der Waals surface area contributed by atoms with E-state index in [-0.39, 0.29) is 6.42 Å². The van der Waals surface area contributed by atoms with Crippen LogP contribution in [0.5, 0.6) is 0 Å². The number of amides is 1. The van der Waals surface area contributed by atoms with Gasteiger partial charge in [0.2, 0.25) is 5.91 Å². The molecule has 6 nitrogen and oxygen atoms in total. The second kappa shape index (κ2) is 8.44. The molecule has 0 bridgehead atoms. The molecule has 0 saturated heterocycles. The number of carbonyl (C=O) groups excluding carboxylic acids is 1. The highest BCUT2D eigenvalue weighted by Crippen LogP contribution is 2.02. The summed E-state index contributed by atoms with van der Waals surface area (Å²) in [6, 6.07) is 12.2. The molecule has 2 rings (SSSR count). The van der Waals surface area contributed by atoms with E-state index in [0.29, 0.717) is 5.56 Å². The molecule has 1 heterocycles. The lowest BCUT2D eigenvalue weighted by atomic mass is 10.1. The maximum absolute atomic E-state index is 10.4. The van der Waals surface area contributed by atoms with Crippen molar-refractivity contribution in [1.82, 2.24) is 4.98 Å². The Balaban J connectivity index is 0.000000219. The molecule has 2 aromatic rings. The third kappa shape index (κ3) is 6.31. The molecular formula is C15H16N2O4. The fourth-order valence-corrected chi connectivity index (χ4v) is 1.44. The zero-order valence-corrected chi connectivity index (χ0v) is 11.2. The van der Waals surface area contributed by atoms with Crippen LogP contribution in [0, 0.1) is 0 Å². The van der Waals surface area contributed by atoms with Crippen molar-refractivity contribution in [2.24, 2.45) is 5.73 Å². The maximum atomic E-state index is 10.4. The molecule has 21 heavy (non-hydrogen) atoms. The zero-order valence-electron chi connectivity index (χ0n) is 11.2. The maximum Gasteiger partial charge on any atom is 0.332 e. The highest BCUT2D eigenvalue weighted by molar-refractivity contribution is 5.92. The number of hydrogen-bond acceptors (Lipinski definition) is 4. The molecule has 1 aromatic heterocycles. The molecule has 0 aliphatic heterocycles. The van der Waals surface area contributed by atoms with Crippen LogP contribution in [0.3, 0.4) is 0 Å². The molecular weight excluding hydrogens is 272 g/mol. The number of pyridine rings is 1. The van der Waals surface area contributed by atoms with Gasteiger partial charge in [0.05, 0.1) is 0 Å². The van der Waals surface area contributed by atoms with Gasteiger partial charge in [-0.1, -0.05) is 30.3 Å². The first-order valence-corrected chi connectivity index (χ1v) is 6.15. The minimum atomic E-state index is -1.30. The number of benzene rings is 1. The number of carboxylic acid groups (broad SMARTS) is 1. The van der Waals surface area contributed by atoms with Crippen LogP contribution in [0.4, 0.5) is 0 Å². The largest absolute Gasteiger partial charge is 0.479 e. The molecule has 0 fully saturated rings. The summed E-state index contributed by atoms with van der Waals surface area (Å²) in [6.07, 6.45) is 1.92. The van der Waals surface area contributed by atoms with Gasteiger partial charge < -0.3 is 15.9 Å². The van der Waals surface area contributed by atoms with Crippen molar-refractivity contribution >= 4 is 11.9 Å². The van der Waals surface area contributed by atoms with Gasteiger partial charge in [-0.15, -0.1) is 0 Å². The second-order valence-corrected chi connectivity index (χ2v) is 4.14. The van der Waals surface area contributed by atoms with Crippen LogP contribution in [0.25, 0.3) is 0 Å². The lowest BCUT2D eigenvalue weighted by Gasteiger charge is -2.03. The second-order valence-electron chi connectivity index (χ2n) is 4.14. The van der Waals surface area contributed by atoms with Gasteiger partial charge >= 0.3 is 5.97 Å². The standard InChI is InChI=1S/C9H10O3.C6H6N2O/c10-8(9(11)12)6-7-4-2-1-3-5-7;7-6(9)5-1-3-8-4-2-5/h1-5,8,10H,6H2,(H,11,12);1-4H,(H2,7,9)/t8-;/m1./s1. The van der Waals surface area contributed by atoms with Gasteiger partial charge in [0.15, 0.2) is 6.10 Å². The summed E-state index contributed by atoms with van der Waals surface area (Å²) in [7, 11) is 0. The van der Waals surface area contributed by atoms with Crippen molar-refractivity contribution in [3.05, 3.63) is 66.0 Å². The predicted molar refractivity (Wildman–Crippen MR) is 76.5 cm³/mol. The number of aromatic nitrogens is 1. The minimum absolute atomic E-state index is 0.163. The number of nitrogens with two attached hydrogens (primary N) is 1. The molecule has 0 saturated carbocycles. The zero-order chi connectivity index (χ0) is 15.7. The van der Waals surface area contributed by atoms with E-state index in [9.17, 15) is 9.59 Å². The monoisotopic (exact) mass is 288 g/mol. The first kappa shape index (κ1) is 16.3. The van der Waals surface area contributed by atoms with Crippen LogP contribution in [0.1, 0.15) is 15.9 Å². The van der Waals surface area contributed by atoms with Crippen molar-refractivity contribution in [3.63, 3.8) is 0 Å². The average molecular weight is 288 g/mol. The molecule has 0 spiro atoms. The van der Waals surface area contributed by atoms with Crippen LogP contribution in [-0.4, -0.2) is 33.2 Å². The van der Waals surface area contributed by atoms with E-state index in [1.165, 1.54) is 12.4 Å².